The minimum Gasteiger partial charge on any atom is -0.507 e. The summed E-state index contributed by atoms with van der Waals surface area (Å²) in [7, 11) is 1.42. The number of hydrogen-bond donors (Lipinski definition) is 1. The van der Waals surface area contributed by atoms with E-state index in [0.29, 0.717) is 17.0 Å². The molecule has 0 aliphatic carbocycles. The molecule has 1 aliphatic rings. The van der Waals surface area contributed by atoms with E-state index in [9.17, 15) is 19.5 Å². The first-order valence-electron chi connectivity index (χ1n) is 11.2. The number of aliphatic hydroxyl groups is 1. The number of esters is 1. The van der Waals surface area contributed by atoms with Crippen LogP contribution in [0.25, 0.3) is 5.76 Å². The van der Waals surface area contributed by atoms with Crippen molar-refractivity contribution >= 4 is 40.7 Å². The number of carbonyl (C=O) groups excluding carboxylic acids is 3. The fraction of sp³-hybridized carbons (Fsp3) is 0.185. The van der Waals surface area contributed by atoms with Gasteiger partial charge in [0.1, 0.15) is 11.5 Å². The Morgan fingerprint density at radius 2 is 1.94 bits per heavy atom. The van der Waals surface area contributed by atoms with E-state index in [0.717, 1.165) is 0 Å². The van der Waals surface area contributed by atoms with Gasteiger partial charge in [-0.1, -0.05) is 30.7 Å². The van der Waals surface area contributed by atoms with E-state index in [4.69, 9.17) is 21.1 Å². The lowest BCUT2D eigenvalue weighted by Gasteiger charge is -2.25. The maximum absolute atomic E-state index is 13.3. The zero-order chi connectivity index (χ0) is 25.8. The van der Waals surface area contributed by atoms with Crippen LogP contribution in [-0.4, -0.2) is 41.5 Å². The highest BCUT2D eigenvalue weighted by Gasteiger charge is 2.47. The normalized spacial score (nSPS) is 16.8. The number of ketones is 1. The molecule has 1 fully saturated rings. The molecule has 1 atom stereocenters. The highest BCUT2D eigenvalue weighted by molar-refractivity contribution is 6.51. The maximum atomic E-state index is 13.3. The van der Waals surface area contributed by atoms with Gasteiger partial charge in [-0.05, 0) is 54.4 Å². The molecule has 184 valence electrons. The number of amides is 1. The summed E-state index contributed by atoms with van der Waals surface area (Å²) in [6.45, 7) is 2.14. The first-order chi connectivity index (χ1) is 17.4. The summed E-state index contributed by atoms with van der Waals surface area (Å²) in [5.74, 6) is -2.49. The number of aromatic nitrogens is 1. The molecule has 2 heterocycles. The molecule has 1 amide bonds. The average molecular weight is 507 g/mol. The Morgan fingerprint density at radius 3 is 2.64 bits per heavy atom. The monoisotopic (exact) mass is 506 g/mol. The Hall–Kier alpha value is -4.17. The second-order valence-corrected chi connectivity index (χ2v) is 8.42. The SMILES string of the molecule is CCCOC(=O)c1cccc(N2C(=O)C(=O)/C(=C(/O)c3cc(Cl)ccc3OC)C2c2cccnc2)c1. The standard InChI is InChI=1S/C27H23ClN2O6/c1-3-12-36-27(34)16-6-4-8-19(13-16)30-23(17-7-5-11-29-15-17)22(25(32)26(30)33)24(31)20-14-18(28)9-10-21(20)35-2/h4-11,13-15,23,31H,3,12H2,1-2H3/b24-22+. The fourth-order valence-electron chi connectivity index (χ4n) is 4.02. The molecule has 0 saturated carbocycles. The van der Waals surface area contributed by atoms with E-state index in [1.54, 1.807) is 48.7 Å². The number of Topliss-reactive ketones (excluding diaryl/α,β-unsaturated/α-hetero) is 1. The van der Waals surface area contributed by atoms with Gasteiger partial charge in [-0.2, -0.15) is 0 Å². The number of halogens is 1. The zero-order valence-corrected chi connectivity index (χ0v) is 20.4. The van der Waals surface area contributed by atoms with Gasteiger partial charge >= 0.3 is 5.97 Å². The second-order valence-electron chi connectivity index (χ2n) is 7.99. The molecule has 1 unspecified atom stereocenters. The predicted octanol–water partition coefficient (Wildman–Crippen LogP) is 4.94. The van der Waals surface area contributed by atoms with Gasteiger partial charge in [-0.15, -0.1) is 0 Å². The minimum absolute atomic E-state index is 0.160. The molecule has 4 rings (SSSR count). The first kappa shape index (κ1) is 24.9. The maximum Gasteiger partial charge on any atom is 0.338 e. The van der Waals surface area contributed by atoms with Gasteiger partial charge in [0.15, 0.2) is 0 Å². The average Bonchev–Trinajstić information content (AvgIpc) is 3.17. The van der Waals surface area contributed by atoms with Crippen molar-refractivity contribution in [3.8, 4) is 5.75 Å². The van der Waals surface area contributed by atoms with Crippen molar-refractivity contribution in [3.63, 3.8) is 0 Å². The molecule has 0 radical (unpaired) electrons. The van der Waals surface area contributed by atoms with Crippen molar-refractivity contribution < 1.29 is 29.0 Å². The van der Waals surface area contributed by atoms with Crippen molar-refractivity contribution in [1.29, 1.82) is 0 Å². The summed E-state index contributed by atoms with van der Waals surface area (Å²) in [5, 5.41) is 11.6. The molecule has 1 aromatic heterocycles. The van der Waals surface area contributed by atoms with Crippen LogP contribution in [0.4, 0.5) is 5.69 Å². The van der Waals surface area contributed by atoms with E-state index in [2.05, 4.69) is 4.98 Å². The van der Waals surface area contributed by atoms with Crippen LogP contribution in [0.2, 0.25) is 5.02 Å². The van der Waals surface area contributed by atoms with Crippen molar-refractivity contribution in [2.75, 3.05) is 18.6 Å². The smallest absolute Gasteiger partial charge is 0.338 e. The van der Waals surface area contributed by atoms with E-state index in [1.165, 1.54) is 30.3 Å². The van der Waals surface area contributed by atoms with Gasteiger partial charge < -0.3 is 14.6 Å². The zero-order valence-electron chi connectivity index (χ0n) is 19.6. The van der Waals surface area contributed by atoms with Gasteiger partial charge in [0, 0.05) is 23.1 Å². The van der Waals surface area contributed by atoms with Gasteiger partial charge in [0.05, 0.1) is 36.5 Å². The molecular weight excluding hydrogens is 484 g/mol. The highest BCUT2D eigenvalue weighted by Crippen LogP contribution is 2.43. The highest BCUT2D eigenvalue weighted by atomic mass is 35.5. The minimum atomic E-state index is -1.02. The number of nitrogens with zero attached hydrogens (tertiary/aromatic N) is 2. The van der Waals surface area contributed by atoms with E-state index >= 15 is 0 Å². The summed E-state index contributed by atoms with van der Waals surface area (Å²) < 4.78 is 10.6. The molecule has 1 aliphatic heterocycles. The topological polar surface area (TPSA) is 106 Å². The van der Waals surface area contributed by atoms with Crippen molar-refractivity contribution in [2.45, 2.75) is 19.4 Å². The number of ether oxygens (including phenoxy) is 2. The number of rotatable bonds is 7. The Morgan fingerprint density at radius 1 is 1.14 bits per heavy atom. The Labute approximate surface area is 212 Å². The summed E-state index contributed by atoms with van der Waals surface area (Å²) in [6.07, 6.45) is 3.72. The molecule has 36 heavy (non-hydrogen) atoms. The molecule has 1 saturated heterocycles. The number of anilines is 1. The lowest BCUT2D eigenvalue weighted by molar-refractivity contribution is -0.132. The summed E-state index contributed by atoms with van der Waals surface area (Å²) >= 11 is 6.15. The number of pyridine rings is 1. The number of aliphatic hydroxyl groups excluding tert-OH is 1. The number of carbonyl (C=O) groups is 3. The number of benzene rings is 2. The molecule has 2 aromatic carbocycles. The van der Waals surface area contributed by atoms with Crippen molar-refractivity contribution in [3.05, 3.63) is 94.3 Å². The van der Waals surface area contributed by atoms with E-state index in [1.807, 2.05) is 6.92 Å². The Kier molecular flexibility index (Phi) is 7.36. The molecule has 3 aromatic rings. The lowest BCUT2D eigenvalue weighted by atomic mass is 9.95. The van der Waals surface area contributed by atoms with Crippen LogP contribution in [0.5, 0.6) is 5.75 Å². The predicted molar refractivity (Wildman–Crippen MR) is 134 cm³/mol. The molecular formula is C27H23ClN2O6. The van der Waals surface area contributed by atoms with Gasteiger partial charge in [-0.25, -0.2) is 4.79 Å². The van der Waals surface area contributed by atoms with Gasteiger partial charge in [0.2, 0.25) is 0 Å². The second kappa shape index (κ2) is 10.6. The first-order valence-corrected chi connectivity index (χ1v) is 11.6. The van der Waals surface area contributed by atoms with E-state index < -0.39 is 29.5 Å². The third kappa shape index (κ3) is 4.67. The lowest BCUT2D eigenvalue weighted by Crippen LogP contribution is -2.29. The molecule has 9 heteroatoms. The fourth-order valence-corrected chi connectivity index (χ4v) is 4.20. The molecule has 0 spiro atoms. The van der Waals surface area contributed by atoms with Gasteiger partial charge in [0.25, 0.3) is 11.7 Å². The molecule has 1 N–H and O–H groups in total. The molecule has 0 bridgehead atoms. The van der Waals surface area contributed by atoms with Crippen molar-refractivity contribution in [2.24, 2.45) is 0 Å². The summed E-state index contributed by atoms with van der Waals surface area (Å²) in [4.78, 5) is 44.5. The number of hydrogen-bond acceptors (Lipinski definition) is 7. The third-order valence-electron chi connectivity index (χ3n) is 5.66. The van der Waals surface area contributed by atoms with Gasteiger partial charge in [-0.3, -0.25) is 19.5 Å². The Bertz CT molecular complexity index is 1360. The van der Waals surface area contributed by atoms with Crippen LogP contribution in [0, 0.1) is 0 Å². The van der Waals surface area contributed by atoms with Crippen LogP contribution in [0.3, 0.4) is 0 Å². The largest absolute Gasteiger partial charge is 0.507 e. The van der Waals surface area contributed by atoms with Crippen LogP contribution in [0.15, 0.2) is 72.6 Å². The van der Waals surface area contributed by atoms with Crippen molar-refractivity contribution in [1.82, 2.24) is 4.98 Å². The van der Waals surface area contributed by atoms with Crippen LogP contribution >= 0.6 is 11.6 Å². The summed E-state index contributed by atoms with van der Waals surface area (Å²) in [5.41, 5.74) is 0.998. The van der Waals surface area contributed by atoms with Crippen LogP contribution < -0.4 is 9.64 Å². The van der Waals surface area contributed by atoms with E-state index in [-0.39, 0.29) is 34.7 Å². The quantitative estimate of drug-likeness (QED) is 0.209. The number of methoxy groups -OCH3 is 1. The summed E-state index contributed by atoms with van der Waals surface area (Å²) in [6, 6.07) is 13.2. The Balaban J connectivity index is 1.90. The molecule has 8 nitrogen and oxygen atoms in total. The van der Waals surface area contributed by atoms with Crippen LogP contribution in [0.1, 0.15) is 40.9 Å². The van der Waals surface area contributed by atoms with Crippen LogP contribution in [-0.2, 0) is 14.3 Å². The third-order valence-corrected chi connectivity index (χ3v) is 5.89.